The average Bonchev–Trinajstić information content (AvgIpc) is 2.39. The molecule has 0 saturated heterocycles. The lowest BCUT2D eigenvalue weighted by Gasteiger charge is -2.09. The van der Waals surface area contributed by atoms with E-state index in [4.69, 9.17) is 34.4 Å². The molecule has 4 heteroatoms. The average molecular weight is 278 g/mol. The van der Waals surface area contributed by atoms with Crippen molar-refractivity contribution in [2.45, 2.75) is 6.61 Å². The van der Waals surface area contributed by atoms with Gasteiger partial charge >= 0.3 is 0 Å². The van der Waals surface area contributed by atoms with E-state index in [9.17, 15) is 0 Å². The van der Waals surface area contributed by atoms with E-state index in [1.54, 1.807) is 36.5 Å². The van der Waals surface area contributed by atoms with Gasteiger partial charge in [-0.2, -0.15) is 0 Å². The molecule has 0 atom stereocenters. The quantitative estimate of drug-likeness (QED) is 0.793. The predicted molar refractivity (Wildman–Crippen MR) is 73.0 cm³/mol. The van der Waals surface area contributed by atoms with Gasteiger partial charge in [-0.25, -0.2) is 4.98 Å². The van der Waals surface area contributed by atoms with E-state index in [1.165, 1.54) is 0 Å². The highest BCUT2D eigenvalue weighted by Gasteiger charge is 2.06. The van der Waals surface area contributed by atoms with Gasteiger partial charge in [0.1, 0.15) is 18.1 Å². The standard InChI is InChI=1S/C14H9Cl2NO/c1-2-10-6-7-11(8-17-10)18-9-12-13(15)4-3-5-14(12)16/h1,3-8H,9H2. The Balaban J connectivity index is 2.09. The Hall–Kier alpha value is -1.69. The highest BCUT2D eigenvalue weighted by molar-refractivity contribution is 6.35. The fourth-order valence-electron chi connectivity index (χ4n) is 1.38. The van der Waals surface area contributed by atoms with Crippen molar-refractivity contribution in [2.24, 2.45) is 0 Å². The molecule has 1 heterocycles. The van der Waals surface area contributed by atoms with E-state index in [0.717, 1.165) is 5.56 Å². The molecule has 90 valence electrons. The van der Waals surface area contributed by atoms with Gasteiger partial charge < -0.3 is 4.74 Å². The molecule has 1 aromatic heterocycles. The van der Waals surface area contributed by atoms with Crippen LogP contribution in [0, 0.1) is 12.3 Å². The number of aromatic nitrogens is 1. The maximum atomic E-state index is 6.04. The molecule has 0 aliphatic heterocycles. The van der Waals surface area contributed by atoms with Crippen molar-refractivity contribution < 1.29 is 4.74 Å². The first-order valence-electron chi connectivity index (χ1n) is 5.19. The summed E-state index contributed by atoms with van der Waals surface area (Å²) in [5, 5.41) is 1.16. The number of terminal acetylenes is 1. The first-order chi connectivity index (χ1) is 8.70. The van der Waals surface area contributed by atoms with Gasteiger partial charge in [-0.05, 0) is 24.3 Å². The molecule has 1 aromatic carbocycles. The van der Waals surface area contributed by atoms with Crippen molar-refractivity contribution in [1.82, 2.24) is 4.98 Å². The van der Waals surface area contributed by atoms with Crippen LogP contribution in [0.3, 0.4) is 0 Å². The van der Waals surface area contributed by atoms with E-state index in [2.05, 4.69) is 10.9 Å². The fourth-order valence-corrected chi connectivity index (χ4v) is 1.88. The molecule has 2 nitrogen and oxygen atoms in total. The van der Waals surface area contributed by atoms with Crippen LogP contribution in [0.1, 0.15) is 11.3 Å². The van der Waals surface area contributed by atoms with Crippen molar-refractivity contribution in [3.8, 4) is 18.1 Å². The summed E-state index contributed by atoms with van der Waals surface area (Å²) in [4.78, 5) is 4.03. The smallest absolute Gasteiger partial charge is 0.138 e. The van der Waals surface area contributed by atoms with Crippen molar-refractivity contribution in [1.29, 1.82) is 0 Å². The van der Waals surface area contributed by atoms with Gasteiger partial charge in [0, 0.05) is 15.6 Å². The number of hydrogen-bond donors (Lipinski definition) is 0. The van der Waals surface area contributed by atoms with E-state index in [0.29, 0.717) is 21.5 Å². The van der Waals surface area contributed by atoms with Crippen molar-refractivity contribution in [3.63, 3.8) is 0 Å². The molecule has 0 saturated carbocycles. The second kappa shape index (κ2) is 5.77. The highest BCUT2D eigenvalue weighted by atomic mass is 35.5. The Kier molecular flexibility index (Phi) is 4.09. The molecule has 0 aliphatic carbocycles. The number of halogens is 2. The van der Waals surface area contributed by atoms with Gasteiger partial charge in [-0.15, -0.1) is 6.42 Å². The van der Waals surface area contributed by atoms with Crippen LogP contribution in [0.2, 0.25) is 10.0 Å². The lowest BCUT2D eigenvalue weighted by molar-refractivity contribution is 0.305. The second-order valence-electron chi connectivity index (χ2n) is 3.51. The zero-order valence-corrected chi connectivity index (χ0v) is 10.9. The molecule has 0 amide bonds. The van der Waals surface area contributed by atoms with Crippen LogP contribution in [-0.2, 0) is 6.61 Å². The zero-order chi connectivity index (χ0) is 13.0. The van der Waals surface area contributed by atoms with Gasteiger partial charge in [0.25, 0.3) is 0 Å². The Labute approximate surface area is 116 Å². The minimum Gasteiger partial charge on any atom is -0.487 e. The molecular weight excluding hydrogens is 269 g/mol. The van der Waals surface area contributed by atoms with Crippen LogP contribution in [0.5, 0.6) is 5.75 Å². The summed E-state index contributed by atoms with van der Waals surface area (Å²) in [6.07, 6.45) is 6.79. The highest BCUT2D eigenvalue weighted by Crippen LogP contribution is 2.25. The largest absolute Gasteiger partial charge is 0.487 e. The number of nitrogens with zero attached hydrogens (tertiary/aromatic N) is 1. The monoisotopic (exact) mass is 277 g/mol. The Morgan fingerprint density at radius 3 is 2.44 bits per heavy atom. The van der Waals surface area contributed by atoms with Gasteiger partial charge in [0.15, 0.2) is 0 Å². The first-order valence-corrected chi connectivity index (χ1v) is 5.94. The topological polar surface area (TPSA) is 22.1 Å². The zero-order valence-electron chi connectivity index (χ0n) is 9.36. The maximum Gasteiger partial charge on any atom is 0.138 e. The van der Waals surface area contributed by atoms with Crippen molar-refractivity contribution in [2.75, 3.05) is 0 Å². The first kappa shape index (κ1) is 12.8. The molecule has 18 heavy (non-hydrogen) atoms. The molecule has 0 bridgehead atoms. The van der Waals surface area contributed by atoms with Gasteiger partial charge in [0.05, 0.1) is 6.20 Å². The molecule has 0 aliphatic rings. The lowest BCUT2D eigenvalue weighted by Crippen LogP contribution is -1.98. The third-order valence-corrected chi connectivity index (χ3v) is 3.04. The number of hydrogen-bond acceptors (Lipinski definition) is 2. The fraction of sp³-hybridized carbons (Fsp3) is 0.0714. The van der Waals surface area contributed by atoms with Gasteiger partial charge in [-0.1, -0.05) is 35.2 Å². The van der Waals surface area contributed by atoms with Crippen LogP contribution >= 0.6 is 23.2 Å². The molecule has 2 aromatic rings. The predicted octanol–water partition coefficient (Wildman–Crippen LogP) is 3.95. The maximum absolute atomic E-state index is 6.04. The normalized spacial score (nSPS) is 9.83. The van der Waals surface area contributed by atoms with Crippen molar-refractivity contribution >= 4 is 23.2 Å². The lowest BCUT2D eigenvalue weighted by atomic mass is 10.2. The Morgan fingerprint density at radius 1 is 1.17 bits per heavy atom. The third kappa shape index (κ3) is 2.95. The molecule has 0 fully saturated rings. The molecule has 0 spiro atoms. The van der Waals surface area contributed by atoms with Crippen LogP contribution in [0.4, 0.5) is 0 Å². The Bertz CT molecular complexity index is 567. The molecule has 0 N–H and O–H groups in total. The van der Waals surface area contributed by atoms with Crippen LogP contribution in [0.25, 0.3) is 0 Å². The second-order valence-corrected chi connectivity index (χ2v) is 4.33. The summed E-state index contributed by atoms with van der Waals surface area (Å²) < 4.78 is 5.55. The van der Waals surface area contributed by atoms with Gasteiger partial charge in [0.2, 0.25) is 0 Å². The third-order valence-electron chi connectivity index (χ3n) is 2.33. The van der Waals surface area contributed by atoms with Crippen LogP contribution in [-0.4, -0.2) is 4.98 Å². The van der Waals surface area contributed by atoms with Gasteiger partial charge in [-0.3, -0.25) is 0 Å². The SMILES string of the molecule is C#Cc1ccc(OCc2c(Cl)cccc2Cl)cn1. The summed E-state index contributed by atoms with van der Waals surface area (Å²) in [5.41, 5.74) is 1.32. The molecule has 2 rings (SSSR count). The number of ether oxygens (including phenoxy) is 1. The summed E-state index contributed by atoms with van der Waals surface area (Å²) in [5.74, 6) is 3.05. The molecule has 0 radical (unpaired) electrons. The number of pyridine rings is 1. The summed E-state index contributed by atoms with van der Waals surface area (Å²) in [6, 6.07) is 8.80. The van der Waals surface area contributed by atoms with Crippen LogP contribution < -0.4 is 4.74 Å². The number of benzene rings is 1. The van der Waals surface area contributed by atoms with E-state index in [1.807, 2.05) is 0 Å². The van der Waals surface area contributed by atoms with E-state index < -0.39 is 0 Å². The minimum absolute atomic E-state index is 0.287. The summed E-state index contributed by atoms with van der Waals surface area (Å²) in [7, 11) is 0. The minimum atomic E-state index is 0.287. The number of rotatable bonds is 3. The summed E-state index contributed by atoms with van der Waals surface area (Å²) in [6.45, 7) is 0.287. The summed E-state index contributed by atoms with van der Waals surface area (Å²) >= 11 is 12.1. The van der Waals surface area contributed by atoms with E-state index in [-0.39, 0.29) is 6.61 Å². The molecular formula is C14H9Cl2NO. The van der Waals surface area contributed by atoms with Crippen molar-refractivity contribution in [3.05, 3.63) is 57.8 Å². The van der Waals surface area contributed by atoms with E-state index >= 15 is 0 Å². The Morgan fingerprint density at radius 2 is 1.89 bits per heavy atom. The molecule has 0 unspecified atom stereocenters. The van der Waals surface area contributed by atoms with Crippen LogP contribution in [0.15, 0.2) is 36.5 Å².